The summed E-state index contributed by atoms with van der Waals surface area (Å²) in [7, 11) is 0. The molecule has 0 radical (unpaired) electrons. The van der Waals surface area contributed by atoms with E-state index in [4.69, 9.17) is 0 Å². The van der Waals surface area contributed by atoms with Gasteiger partial charge in [0.15, 0.2) is 0 Å². The van der Waals surface area contributed by atoms with E-state index in [0.717, 1.165) is 23.3 Å². The summed E-state index contributed by atoms with van der Waals surface area (Å²) in [5.74, 6) is 0. The predicted octanol–water partition coefficient (Wildman–Crippen LogP) is 4.15. The van der Waals surface area contributed by atoms with Gasteiger partial charge in [-0.15, -0.1) is 11.3 Å². The molecule has 2 nitrogen and oxygen atoms in total. The summed E-state index contributed by atoms with van der Waals surface area (Å²) in [5, 5.41) is 5.66. The van der Waals surface area contributed by atoms with Crippen LogP contribution in [0.15, 0.2) is 40.3 Å². The van der Waals surface area contributed by atoms with Gasteiger partial charge >= 0.3 is 0 Å². The topological polar surface area (TPSA) is 24.9 Å². The molecule has 1 atom stereocenters. The summed E-state index contributed by atoms with van der Waals surface area (Å²) in [5.41, 5.74) is 1.06. The first-order chi connectivity index (χ1) is 8.29. The SMILES string of the molecule is CCC(NCc1cccc(Br)n1)c1cccs1. The lowest BCUT2D eigenvalue weighted by atomic mass is 10.2. The maximum absolute atomic E-state index is 4.42. The molecular weight excluding hydrogens is 296 g/mol. The van der Waals surface area contributed by atoms with Crippen LogP contribution >= 0.6 is 27.3 Å². The molecular formula is C13H15BrN2S. The molecule has 4 heteroatoms. The highest BCUT2D eigenvalue weighted by molar-refractivity contribution is 9.10. The van der Waals surface area contributed by atoms with Crippen molar-refractivity contribution in [2.75, 3.05) is 0 Å². The Kier molecular flexibility index (Phi) is 4.71. The van der Waals surface area contributed by atoms with Crippen molar-refractivity contribution in [3.63, 3.8) is 0 Å². The summed E-state index contributed by atoms with van der Waals surface area (Å²) in [4.78, 5) is 5.81. The fourth-order valence-electron chi connectivity index (χ4n) is 1.71. The van der Waals surface area contributed by atoms with E-state index < -0.39 is 0 Å². The quantitative estimate of drug-likeness (QED) is 0.839. The highest BCUT2D eigenvalue weighted by atomic mass is 79.9. The molecule has 2 rings (SSSR count). The molecule has 2 aromatic heterocycles. The van der Waals surface area contributed by atoms with E-state index >= 15 is 0 Å². The first-order valence-corrected chi connectivity index (χ1v) is 7.35. The number of rotatable bonds is 5. The molecule has 2 heterocycles. The number of nitrogens with zero attached hydrogens (tertiary/aromatic N) is 1. The van der Waals surface area contributed by atoms with Crippen molar-refractivity contribution in [2.45, 2.75) is 25.9 Å². The molecule has 0 spiro atoms. The van der Waals surface area contributed by atoms with E-state index in [0.29, 0.717) is 6.04 Å². The number of hydrogen-bond acceptors (Lipinski definition) is 3. The van der Waals surface area contributed by atoms with Crippen LogP contribution in [-0.4, -0.2) is 4.98 Å². The molecule has 17 heavy (non-hydrogen) atoms. The number of nitrogens with one attached hydrogen (secondary N) is 1. The van der Waals surface area contributed by atoms with Crippen molar-refractivity contribution >= 4 is 27.3 Å². The summed E-state index contributed by atoms with van der Waals surface area (Å²) < 4.78 is 0.890. The Morgan fingerprint density at radius 3 is 2.88 bits per heavy atom. The van der Waals surface area contributed by atoms with Gasteiger partial charge in [0, 0.05) is 17.5 Å². The monoisotopic (exact) mass is 310 g/mol. The summed E-state index contributed by atoms with van der Waals surface area (Å²) in [6.45, 7) is 3.00. The van der Waals surface area contributed by atoms with E-state index in [9.17, 15) is 0 Å². The molecule has 1 unspecified atom stereocenters. The Morgan fingerprint density at radius 2 is 2.24 bits per heavy atom. The lowest BCUT2D eigenvalue weighted by molar-refractivity contribution is 0.521. The largest absolute Gasteiger partial charge is 0.304 e. The van der Waals surface area contributed by atoms with Crippen molar-refractivity contribution in [1.82, 2.24) is 10.3 Å². The fraction of sp³-hybridized carbons (Fsp3) is 0.308. The van der Waals surface area contributed by atoms with Crippen molar-refractivity contribution in [3.05, 3.63) is 50.9 Å². The number of hydrogen-bond donors (Lipinski definition) is 1. The zero-order valence-corrected chi connectivity index (χ0v) is 12.1. The number of halogens is 1. The van der Waals surface area contributed by atoms with Crippen LogP contribution in [0.3, 0.4) is 0 Å². The second-order valence-corrected chi connectivity index (χ2v) is 5.60. The third-order valence-corrected chi connectivity index (χ3v) is 4.02. The van der Waals surface area contributed by atoms with Crippen molar-refractivity contribution < 1.29 is 0 Å². The van der Waals surface area contributed by atoms with Crippen LogP contribution in [0.1, 0.15) is 30.0 Å². The highest BCUT2D eigenvalue weighted by Gasteiger charge is 2.09. The number of pyridine rings is 1. The van der Waals surface area contributed by atoms with Gasteiger partial charge in [-0.3, -0.25) is 0 Å². The zero-order valence-electron chi connectivity index (χ0n) is 9.69. The molecule has 0 aliphatic rings. The summed E-state index contributed by atoms with van der Waals surface area (Å²) in [6.07, 6.45) is 1.09. The molecule has 0 bridgehead atoms. The standard InChI is InChI=1S/C13H15BrN2S/c1-2-11(12-6-4-8-17-12)15-9-10-5-3-7-13(14)16-10/h3-8,11,15H,2,9H2,1H3. The lowest BCUT2D eigenvalue weighted by Crippen LogP contribution is -2.19. The zero-order chi connectivity index (χ0) is 12.1. The smallest absolute Gasteiger partial charge is 0.106 e. The van der Waals surface area contributed by atoms with Crippen molar-refractivity contribution in [2.24, 2.45) is 0 Å². The van der Waals surface area contributed by atoms with Gasteiger partial charge in [-0.25, -0.2) is 4.98 Å². The van der Waals surface area contributed by atoms with Gasteiger partial charge in [0.2, 0.25) is 0 Å². The van der Waals surface area contributed by atoms with Crippen LogP contribution in [0.5, 0.6) is 0 Å². The normalized spacial score (nSPS) is 12.6. The second-order valence-electron chi connectivity index (χ2n) is 3.81. The van der Waals surface area contributed by atoms with Crippen LogP contribution in [0.4, 0.5) is 0 Å². The number of aromatic nitrogens is 1. The third-order valence-electron chi connectivity index (χ3n) is 2.60. The Hall–Kier alpha value is -0.710. The Balaban J connectivity index is 1.97. The van der Waals surface area contributed by atoms with E-state index in [1.807, 2.05) is 18.2 Å². The first-order valence-electron chi connectivity index (χ1n) is 5.68. The average molecular weight is 311 g/mol. The average Bonchev–Trinajstić information content (AvgIpc) is 2.84. The predicted molar refractivity (Wildman–Crippen MR) is 76.1 cm³/mol. The maximum Gasteiger partial charge on any atom is 0.106 e. The molecule has 0 amide bonds. The van der Waals surface area contributed by atoms with Crippen molar-refractivity contribution in [1.29, 1.82) is 0 Å². The minimum absolute atomic E-state index is 0.427. The van der Waals surface area contributed by atoms with Gasteiger partial charge in [0.25, 0.3) is 0 Å². The minimum Gasteiger partial charge on any atom is -0.304 e. The van der Waals surface area contributed by atoms with Gasteiger partial charge in [0.05, 0.1) is 5.69 Å². The molecule has 0 aromatic carbocycles. The van der Waals surface area contributed by atoms with Gasteiger partial charge in [-0.2, -0.15) is 0 Å². The molecule has 0 saturated carbocycles. The molecule has 1 N–H and O–H groups in total. The van der Waals surface area contributed by atoms with Gasteiger partial charge in [0.1, 0.15) is 4.60 Å². The van der Waals surface area contributed by atoms with Gasteiger partial charge in [-0.1, -0.05) is 19.1 Å². The fourth-order valence-corrected chi connectivity index (χ4v) is 2.98. The van der Waals surface area contributed by atoms with Crippen LogP contribution in [0.25, 0.3) is 0 Å². The highest BCUT2D eigenvalue weighted by Crippen LogP contribution is 2.22. The molecule has 0 saturated heterocycles. The minimum atomic E-state index is 0.427. The van der Waals surface area contributed by atoms with Gasteiger partial charge in [-0.05, 0) is 45.9 Å². The van der Waals surface area contributed by atoms with Gasteiger partial charge < -0.3 is 5.32 Å². The van der Waals surface area contributed by atoms with E-state index in [1.165, 1.54) is 4.88 Å². The Morgan fingerprint density at radius 1 is 1.35 bits per heavy atom. The maximum atomic E-state index is 4.42. The third kappa shape index (κ3) is 3.63. The molecule has 90 valence electrons. The van der Waals surface area contributed by atoms with Crippen molar-refractivity contribution in [3.8, 4) is 0 Å². The summed E-state index contributed by atoms with van der Waals surface area (Å²) >= 11 is 5.19. The van der Waals surface area contributed by atoms with Crippen LogP contribution in [0, 0.1) is 0 Å². The molecule has 0 aliphatic heterocycles. The second kappa shape index (κ2) is 6.28. The van der Waals surface area contributed by atoms with Crippen LogP contribution in [-0.2, 0) is 6.54 Å². The Labute approximate surface area is 114 Å². The molecule has 0 fully saturated rings. The van der Waals surface area contributed by atoms with E-state index in [2.05, 4.69) is 50.7 Å². The molecule has 0 aliphatic carbocycles. The first kappa shape index (κ1) is 12.7. The van der Waals surface area contributed by atoms with Crippen LogP contribution < -0.4 is 5.32 Å². The Bertz CT molecular complexity index is 456. The van der Waals surface area contributed by atoms with E-state index in [1.54, 1.807) is 11.3 Å². The van der Waals surface area contributed by atoms with E-state index in [-0.39, 0.29) is 0 Å². The van der Waals surface area contributed by atoms with Crippen LogP contribution in [0.2, 0.25) is 0 Å². The lowest BCUT2D eigenvalue weighted by Gasteiger charge is -2.15. The molecule has 2 aromatic rings. The summed E-state index contributed by atoms with van der Waals surface area (Å²) in [6, 6.07) is 10.7. The number of thiophene rings is 1.